The third-order valence-electron chi connectivity index (χ3n) is 3.44. The van der Waals surface area contributed by atoms with Gasteiger partial charge in [-0.3, -0.25) is 4.79 Å². The number of hydrogen-bond acceptors (Lipinski definition) is 4. The highest BCUT2D eigenvalue weighted by Gasteiger charge is 2.09. The smallest absolute Gasteiger partial charge is 0.251 e. The van der Waals surface area contributed by atoms with E-state index in [1.807, 2.05) is 37.3 Å². The Morgan fingerprint density at radius 2 is 1.87 bits per heavy atom. The zero-order valence-electron chi connectivity index (χ0n) is 13.5. The first kappa shape index (κ1) is 16.8. The molecule has 0 fully saturated rings. The molecule has 3 N–H and O–H groups in total. The lowest BCUT2D eigenvalue weighted by molar-refractivity contribution is 0.0950. The summed E-state index contributed by atoms with van der Waals surface area (Å²) in [4.78, 5) is 12.2. The van der Waals surface area contributed by atoms with E-state index in [0.717, 1.165) is 16.9 Å². The predicted octanol–water partition coefficient (Wildman–Crippen LogP) is 2.53. The molecule has 122 valence electrons. The number of carbonyl (C=O) groups is 1. The fourth-order valence-electron chi connectivity index (χ4n) is 2.11. The van der Waals surface area contributed by atoms with Gasteiger partial charge in [0.05, 0.1) is 6.61 Å². The molecule has 0 aliphatic carbocycles. The van der Waals surface area contributed by atoms with E-state index in [1.165, 1.54) is 0 Å². The van der Waals surface area contributed by atoms with Crippen LogP contribution in [-0.2, 0) is 11.3 Å². The zero-order chi connectivity index (χ0) is 16.7. The van der Waals surface area contributed by atoms with Crippen molar-refractivity contribution in [1.82, 2.24) is 5.32 Å². The summed E-state index contributed by atoms with van der Waals surface area (Å²) in [6.07, 6.45) is 0. The molecule has 2 aromatic rings. The average molecular weight is 314 g/mol. The van der Waals surface area contributed by atoms with Crippen molar-refractivity contribution in [1.29, 1.82) is 0 Å². The third kappa shape index (κ3) is 5.00. The maximum Gasteiger partial charge on any atom is 0.251 e. The van der Waals surface area contributed by atoms with Crippen LogP contribution in [0.1, 0.15) is 21.5 Å². The molecule has 2 aromatic carbocycles. The van der Waals surface area contributed by atoms with Gasteiger partial charge in [0.1, 0.15) is 12.4 Å². The van der Waals surface area contributed by atoms with Gasteiger partial charge < -0.3 is 20.5 Å². The van der Waals surface area contributed by atoms with Gasteiger partial charge in [-0.25, -0.2) is 0 Å². The Kier molecular flexibility index (Phi) is 6.00. The summed E-state index contributed by atoms with van der Waals surface area (Å²) in [5.74, 6) is 0.652. The van der Waals surface area contributed by atoms with Crippen molar-refractivity contribution in [3.05, 3.63) is 59.2 Å². The van der Waals surface area contributed by atoms with Crippen molar-refractivity contribution in [2.45, 2.75) is 13.5 Å². The van der Waals surface area contributed by atoms with Crippen LogP contribution in [0.3, 0.4) is 0 Å². The van der Waals surface area contributed by atoms with Crippen molar-refractivity contribution >= 4 is 11.6 Å². The second kappa shape index (κ2) is 8.19. The van der Waals surface area contributed by atoms with Crippen LogP contribution in [0.5, 0.6) is 5.75 Å². The van der Waals surface area contributed by atoms with E-state index in [0.29, 0.717) is 31.0 Å². The molecule has 0 aliphatic rings. The standard InChI is InChI=1S/C18H22N2O3/c1-13-3-6-15(19)11-17(13)18(21)20-12-14-4-7-16(8-5-14)23-10-9-22-2/h3-8,11H,9-10,12,19H2,1-2H3,(H,20,21). The van der Waals surface area contributed by atoms with Gasteiger partial charge in [0.2, 0.25) is 0 Å². The molecule has 2 rings (SSSR count). The van der Waals surface area contributed by atoms with Gasteiger partial charge in [0.15, 0.2) is 0 Å². The SMILES string of the molecule is COCCOc1ccc(CNC(=O)c2cc(N)ccc2C)cc1. The lowest BCUT2D eigenvalue weighted by atomic mass is 10.1. The Morgan fingerprint density at radius 3 is 2.57 bits per heavy atom. The topological polar surface area (TPSA) is 73.6 Å². The van der Waals surface area contributed by atoms with E-state index in [2.05, 4.69) is 5.32 Å². The Balaban J connectivity index is 1.90. The zero-order valence-corrected chi connectivity index (χ0v) is 13.5. The normalized spacial score (nSPS) is 10.3. The van der Waals surface area contributed by atoms with E-state index in [4.69, 9.17) is 15.2 Å². The van der Waals surface area contributed by atoms with Crippen molar-refractivity contribution in [2.24, 2.45) is 0 Å². The van der Waals surface area contributed by atoms with E-state index in [9.17, 15) is 4.79 Å². The molecule has 0 heterocycles. The molecule has 0 aromatic heterocycles. The van der Waals surface area contributed by atoms with Gasteiger partial charge in [0.25, 0.3) is 5.91 Å². The van der Waals surface area contributed by atoms with E-state index in [-0.39, 0.29) is 5.91 Å². The average Bonchev–Trinajstić information content (AvgIpc) is 2.56. The lowest BCUT2D eigenvalue weighted by Crippen LogP contribution is -2.23. The van der Waals surface area contributed by atoms with Crippen molar-refractivity contribution in [2.75, 3.05) is 26.1 Å². The molecule has 0 saturated heterocycles. The third-order valence-corrected chi connectivity index (χ3v) is 3.44. The minimum Gasteiger partial charge on any atom is -0.491 e. The minimum absolute atomic E-state index is 0.129. The largest absolute Gasteiger partial charge is 0.491 e. The number of benzene rings is 2. The van der Waals surface area contributed by atoms with E-state index >= 15 is 0 Å². The van der Waals surface area contributed by atoms with Crippen LogP contribution in [0, 0.1) is 6.92 Å². The maximum absolute atomic E-state index is 12.2. The second-order valence-corrected chi connectivity index (χ2v) is 5.24. The fraction of sp³-hybridized carbons (Fsp3) is 0.278. The summed E-state index contributed by atoms with van der Waals surface area (Å²) in [5.41, 5.74) is 8.82. The van der Waals surface area contributed by atoms with Crippen LogP contribution in [0.25, 0.3) is 0 Å². The molecule has 5 heteroatoms. The first-order chi connectivity index (χ1) is 11.1. The summed E-state index contributed by atoms with van der Waals surface area (Å²) in [6.45, 7) is 3.41. The lowest BCUT2D eigenvalue weighted by Gasteiger charge is -2.10. The molecule has 1 amide bonds. The van der Waals surface area contributed by atoms with Gasteiger partial charge in [-0.15, -0.1) is 0 Å². The monoisotopic (exact) mass is 314 g/mol. The highest BCUT2D eigenvalue weighted by molar-refractivity contribution is 5.96. The number of nitrogen functional groups attached to an aromatic ring is 1. The summed E-state index contributed by atoms with van der Waals surface area (Å²) < 4.78 is 10.4. The van der Waals surface area contributed by atoms with E-state index < -0.39 is 0 Å². The Labute approximate surface area is 136 Å². The number of rotatable bonds is 7. The number of amides is 1. The number of aryl methyl sites for hydroxylation is 1. The van der Waals surface area contributed by atoms with Crippen LogP contribution in [0.15, 0.2) is 42.5 Å². The Hall–Kier alpha value is -2.53. The van der Waals surface area contributed by atoms with Crippen LogP contribution in [-0.4, -0.2) is 26.2 Å². The van der Waals surface area contributed by atoms with Crippen molar-refractivity contribution in [3.63, 3.8) is 0 Å². The number of methoxy groups -OCH3 is 1. The molecular weight excluding hydrogens is 292 g/mol. The molecule has 0 aliphatic heterocycles. The Bertz CT molecular complexity index is 654. The van der Waals surface area contributed by atoms with Gasteiger partial charge >= 0.3 is 0 Å². The van der Waals surface area contributed by atoms with E-state index in [1.54, 1.807) is 19.2 Å². The van der Waals surface area contributed by atoms with Gasteiger partial charge in [-0.1, -0.05) is 18.2 Å². The van der Waals surface area contributed by atoms with Gasteiger partial charge in [-0.2, -0.15) is 0 Å². The number of nitrogens with two attached hydrogens (primary N) is 1. The molecule has 5 nitrogen and oxygen atoms in total. The van der Waals surface area contributed by atoms with Crippen molar-refractivity contribution < 1.29 is 14.3 Å². The first-order valence-electron chi connectivity index (χ1n) is 7.45. The number of anilines is 1. The van der Waals surface area contributed by atoms with Crippen LogP contribution in [0.4, 0.5) is 5.69 Å². The fourth-order valence-corrected chi connectivity index (χ4v) is 2.11. The highest BCUT2D eigenvalue weighted by atomic mass is 16.5. The molecule has 0 radical (unpaired) electrons. The summed E-state index contributed by atoms with van der Waals surface area (Å²) in [5, 5.41) is 2.90. The highest BCUT2D eigenvalue weighted by Crippen LogP contribution is 2.14. The summed E-state index contributed by atoms with van der Waals surface area (Å²) in [6, 6.07) is 12.9. The van der Waals surface area contributed by atoms with Gasteiger partial charge in [-0.05, 0) is 42.3 Å². The predicted molar refractivity (Wildman–Crippen MR) is 90.6 cm³/mol. The molecule has 0 bridgehead atoms. The Morgan fingerprint density at radius 1 is 1.13 bits per heavy atom. The summed E-state index contributed by atoms with van der Waals surface area (Å²) in [7, 11) is 1.64. The van der Waals surface area contributed by atoms with Crippen LogP contribution >= 0.6 is 0 Å². The number of carbonyl (C=O) groups excluding carboxylic acids is 1. The van der Waals surface area contributed by atoms with Gasteiger partial charge in [0, 0.05) is 24.9 Å². The number of hydrogen-bond donors (Lipinski definition) is 2. The van der Waals surface area contributed by atoms with Crippen LogP contribution in [0.2, 0.25) is 0 Å². The first-order valence-corrected chi connectivity index (χ1v) is 7.45. The quantitative estimate of drug-likeness (QED) is 0.608. The minimum atomic E-state index is -0.129. The molecule has 0 saturated carbocycles. The molecule has 0 atom stereocenters. The molecule has 23 heavy (non-hydrogen) atoms. The molecular formula is C18H22N2O3. The second-order valence-electron chi connectivity index (χ2n) is 5.24. The van der Waals surface area contributed by atoms with Crippen LogP contribution < -0.4 is 15.8 Å². The van der Waals surface area contributed by atoms with Crippen molar-refractivity contribution in [3.8, 4) is 5.75 Å². The molecule has 0 unspecified atom stereocenters. The molecule has 0 spiro atoms. The maximum atomic E-state index is 12.2. The summed E-state index contributed by atoms with van der Waals surface area (Å²) >= 11 is 0. The number of nitrogens with one attached hydrogen (secondary N) is 1. The number of ether oxygens (including phenoxy) is 2.